The molecule has 0 unspecified atom stereocenters. The number of fused-ring (bicyclic) bond motifs is 1. The van der Waals surface area contributed by atoms with E-state index >= 15 is 0 Å². The molecule has 3 aromatic carbocycles. The number of nitrogens with one attached hydrogen (secondary N) is 3. The molecule has 0 aliphatic heterocycles. The van der Waals surface area contributed by atoms with E-state index in [9.17, 15) is 4.79 Å². The van der Waals surface area contributed by atoms with Crippen LogP contribution in [0.3, 0.4) is 0 Å². The van der Waals surface area contributed by atoms with Crippen LogP contribution in [0.5, 0.6) is 0 Å². The van der Waals surface area contributed by atoms with Crippen molar-refractivity contribution >= 4 is 28.3 Å². The Bertz CT molecular complexity index is 1420. The number of H-pyrrole nitrogens is 2. The van der Waals surface area contributed by atoms with Crippen molar-refractivity contribution in [2.24, 2.45) is 0 Å². The lowest BCUT2D eigenvalue weighted by molar-refractivity contribution is 0.0945. The first-order valence-corrected chi connectivity index (χ1v) is 11.7. The highest BCUT2D eigenvalue weighted by atomic mass is 35.5. The van der Waals surface area contributed by atoms with Crippen molar-refractivity contribution in [3.63, 3.8) is 0 Å². The summed E-state index contributed by atoms with van der Waals surface area (Å²) in [7, 11) is 0. The fraction of sp³-hybridized carbons (Fsp3) is 0.143. The molecule has 0 amide bonds. The molecule has 1 atom stereocenters. The van der Waals surface area contributed by atoms with E-state index in [1.54, 1.807) is 6.20 Å². The second-order valence-electron chi connectivity index (χ2n) is 8.42. The number of hydrogen-bond donors (Lipinski definition) is 3. The standard InChI is InChI=1S/C28H25ClN4O/c1-18-16-32-28(33-18)21-9-12-23-24(17-31-25(23)15-21)27(34)26(20-5-3-2-4-6-20)30-14-13-19-7-10-22(29)11-8-19/h2-12,15-17,26,30-31H,13-14H2,1H3,(H,32,33)/t26-/m0/s1. The van der Waals surface area contributed by atoms with Crippen molar-refractivity contribution in [2.45, 2.75) is 19.4 Å². The first-order valence-electron chi connectivity index (χ1n) is 11.3. The monoisotopic (exact) mass is 468 g/mol. The Morgan fingerprint density at radius 2 is 1.85 bits per heavy atom. The van der Waals surface area contributed by atoms with E-state index in [4.69, 9.17) is 11.6 Å². The molecule has 6 heteroatoms. The zero-order chi connectivity index (χ0) is 23.5. The highest BCUT2D eigenvalue weighted by Gasteiger charge is 2.24. The van der Waals surface area contributed by atoms with Crippen LogP contribution in [0.2, 0.25) is 5.02 Å². The maximum atomic E-state index is 13.7. The molecule has 0 aliphatic carbocycles. The third-order valence-corrected chi connectivity index (χ3v) is 6.25. The lowest BCUT2D eigenvalue weighted by atomic mass is 9.96. The van der Waals surface area contributed by atoms with Crippen LogP contribution < -0.4 is 5.32 Å². The summed E-state index contributed by atoms with van der Waals surface area (Å²) in [6.45, 7) is 2.64. The van der Waals surface area contributed by atoms with Gasteiger partial charge >= 0.3 is 0 Å². The Morgan fingerprint density at radius 3 is 2.59 bits per heavy atom. The maximum absolute atomic E-state index is 13.7. The van der Waals surface area contributed by atoms with Crippen LogP contribution in [0.25, 0.3) is 22.3 Å². The van der Waals surface area contributed by atoms with Crippen LogP contribution in [0.15, 0.2) is 85.2 Å². The van der Waals surface area contributed by atoms with Crippen molar-refractivity contribution in [2.75, 3.05) is 6.54 Å². The van der Waals surface area contributed by atoms with Gasteiger partial charge in [0, 0.05) is 51.7 Å². The van der Waals surface area contributed by atoms with E-state index in [2.05, 4.69) is 20.3 Å². The third-order valence-electron chi connectivity index (χ3n) is 5.99. The number of Topliss-reactive ketones (excluding diaryl/α,β-unsaturated/α-hetero) is 1. The van der Waals surface area contributed by atoms with Crippen LogP contribution in [0.1, 0.15) is 33.2 Å². The molecular formula is C28H25ClN4O. The van der Waals surface area contributed by atoms with Gasteiger partial charge in [-0.2, -0.15) is 0 Å². The number of imidazole rings is 1. The lowest BCUT2D eigenvalue weighted by Gasteiger charge is -2.18. The molecule has 0 fully saturated rings. The number of aryl methyl sites for hydroxylation is 1. The number of nitrogens with zero attached hydrogens (tertiary/aromatic N) is 1. The molecule has 2 aromatic heterocycles. The fourth-order valence-electron chi connectivity index (χ4n) is 4.21. The number of benzene rings is 3. The summed E-state index contributed by atoms with van der Waals surface area (Å²) in [5.41, 5.74) is 5.67. The first-order chi connectivity index (χ1) is 16.6. The van der Waals surface area contributed by atoms with Gasteiger partial charge in [0.25, 0.3) is 0 Å². The number of ketones is 1. The molecule has 5 aromatic rings. The molecular weight excluding hydrogens is 444 g/mol. The van der Waals surface area contributed by atoms with E-state index in [-0.39, 0.29) is 5.78 Å². The van der Waals surface area contributed by atoms with Gasteiger partial charge in [0.15, 0.2) is 5.78 Å². The number of rotatable bonds is 8. The van der Waals surface area contributed by atoms with Crippen molar-refractivity contribution < 1.29 is 4.79 Å². The van der Waals surface area contributed by atoms with Crippen LogP contribution in [0.4, 0.5) is 0 Å². The van der Waals surface area contributed by atoms with Gasteiger partial charge in [-0.15, -0.1) is 0 Å². The molecule has 2 heterocycles. The van der Waals surface area contributed by atoms with E-state index < -0.39 is 6.04 Å². The molecule has 0 spiro atoms. The largest absolute Gasteiger partial charge is 0.360 e. The normalized spacial score (nSPS) is 12.2. The molecule has 0 radical (unpaired) electrons. The molecule has 34 heavy (non-hydrogen) atoms. The molecule has 0 bridgehead atoms. The minimum Gasteiger partial charge on any atom is -0.360 e. The third kappa shape index (κ3) is 4.67. The Morgan fingerprint density at radius 1 is 1.06 bits per heavy atom. The molecule has 0 saturated carbocycles. The fourth-order valence-corrected chi connectivity index (χ4v) is 4.34. The molecule has 0 saturated heterocycles. The zero-order valence-electron chi connectivity index (χ0n) is 18.8. The molecule has 5 rings (SSSR count). The Balaban J connectivity index is 1.40. The van der Waals surface area contributed by atoms with Crippen molar-refractivity contribution in [3.05, 3.63) is 113 Å². The summed E-state index contributed by atoms with van der Waals surface area (Å²) in [4.78, 5) is 24.7. The van der Waals surface area contributed by atoms with Crippen molar-refractivity contribution in [1.29, 1.82) is 0 Å². The predicted octanol–water partition coefficient (Wildman–Crippen LogP) is 6.28. The topological polar surface area (TPSA) is 73.6 Å². The number of hydrogen-bond acceptors (Lipinski definition) is 3. The Kier molecular flexibility index (Phi) is 6.30. The van der Waals surface area contributed by atoms with Crippen molar-refractivity contribution in [1.82, 2.24) is 20.3 Å². The van der Waals surface area contributed by atoms with Gasteiger partial charge in [0.1, 0.15) is 5.82 Å². The lowest BCUT2D eigenvalue weighted by Crippen LogP contribution is -2.30. The molecule has 3 N–H and O–H groups in total. The molecule has 5 nitrogen and oxygen atoms in total. The van der Waals surface area contributed by atoms with Gasteiger partial charge in [0.05, 0.1) is 6.04 Å². The summed E-state index contributed by atoms with van der Waals surface area (Å²) in [5, 5.41) is 5.10. The summed E-state index contributed by atoms with van der Waals surface area (Å²) in [6.07, 6.45) is 4.41. The van der Waals surface area contributed by atoms with Crippen LogP contribution in [-0.4, -0.2) is 27.3 Å². The number of halogens is 1. The van der Waals surface area contributed by atoms with E-state index in [0.29, 0.717) is 12.1 Å². The summed E-state index contributed by atoms with van der Waals surface area (Å²) < 4.78 is 0. The van der Waals surface area contributed by atoms with Gasteiger partial charge in [0.2, 0.25) is 0 Å². The number of aromatic amines is 2. The number of carbonyl (C=O) groups excluding carboxylic acids is 1. The van der Waals surface area contributed by atoms with Gasteiger partial charge in [-0.25, -0.2) is 4.98 Å². The highest BCUT2D eigenvalue weighted by Crippen LogP contribution is 2.28. The summed E-state index contributed by atoms with van der Waals surface area (Å²) in [6, 6.07) is 23.2. The van der Waals surface area contributed by atoms with Crippen LogP contribution >= 0.6 is 11.6 Å². The van der Waals surface area contributed by atoms with Gasteiger partial charge < -0.3 is 15.3 Å². The van der Waals surface area contributed by atoms with Gasteiger partial charge in [-0.3, -0.25) is 4.79 Å². The SMILES string of the molecule is Cc1cnc(-c2ccc3c(C(=O)[C@@H](NCCc4ccc(Cl)cc4)c4ccccc4)c[nH]c3c2)[nH]1. The average Bonchev–Trinajstić information content (AvgIpc) is 3.49. The molecule has 0 aliphatic rings. The minimum absolute atomic E-state index is 0.0372. The van der Waals surface area contributed by atoms with Crippen LogP contribution in [-0.2, 0) is 6.42 Å². The van der Waals surface area contributed by atoms with E-state index in [1.807, 2.05) is 85.9 Å². The second kappa shape index (κ2) is 9.67. The Labute approximate surface area is 203 Å². The van der Waals surface area contributed by atoms with E-state index in [0.717, 1.165) is 45.0 Å². The Hall–Kier alpha value is -3.67. The minimum atomic E-state index is -0.445. The first kappa shape index (κ1) is 22.1. The molecule has 170 valence electrons. The number of carbonyl (C=O) groups is 1. The second-order valence-corrected chi connectivity index (χ2v) is 8.85. The highest BCUT2D eigenvalue weighted by molar-refractivity contribution is 6.30. The summed E-state index contributed by atoms with van der Waals surface area (Å²) in [5.74, 6) is 0.850. The maximum Gasteiger partial charge on any atom is 0.186 e. The average molecular weight is 469 g/mol. The zero-order valence-corrected chi connectivity index (χ0v) is 19.6. The predicted molar refractivity (Wildman–Crippen MR) is 137 cm³/mol. The van der Waals surface area contributed by atoms with Gasteiger partial charge in [-0.1, -0.05) is 66.2 Å². The number of aromatic nitrogens is 3. The summed E-state index contributed by atoms with van der Waals surface area (Å²) >= 11 is 6.00. The van der Waals surface area contributed by atoms with Crippen LogP contribution in [0, 0.1) is 6.92 Å². The quantitative estimate of drug-likeness (QED) is 0.235. The van der Waals surface area contributed by atoms with Gasteiger partial charge in [-0.05, 0) is 42.7 Å². The van der Waals surface area contributed by atoms with E-state index in [1.165, 1.54) is 5.56 Å². The van der Waals surface area contributed by atoms with Crippen molar-refractivity contribution in [3.8, 4) is 11.4 Å². The smallest absolute Gasteiger partial charge is 0.186 e.